The molecule has 1 saturated heterocycles. The van der Waals surface area contributed by atoms with Gasteiger partial charge in [-0.15, -0.1) is 0 Å². The summed E-state index contributed by atoms with van der Waals surface area (Å²) in [6.45, 7) is 3.91. The van der Waals surface area contributed by atoms with E-state index in [-0.39, 0.29) is 12.5 Å². The van der Waals surface area contributed by atoms with E-state index in [0.717, 1.165) is 26.2 Å². The molecule has 1 aliphatic rings. The molecule has 0 aromatic heterocycles. The molecular formula is C9H18N2O3. The third-order valence-electron chi connectivity index (χ3n) is 2.23. The van der Waals surface area contributed by atoms with Crippen molar-refractivity contribution < 1.29 is 14.6 Å². The summed E-state index contributed by atoms with van der Waals surface area (Å²) in [5.74, 6) is -0.765. The molecule has 0 bridgehead atoms. The highest BCUT2D eigenvalue weighted by Gasteiger charge is 2.16. The maximum absolute atomic E-state index is 10.2. The Bertz CT molecular complexity index is 187. The number of nitrogens with zero attached hydrogens (tertiary/aromatic N) is 1. The number of likely N-dealkylation sites (N-methyl/N-ethyl adjacent to an activating group) is 1. The predicted molar refractivity (Wildman–Crippen MR) is 52.4 cm³/mol. The maximum atomic E-state index is 10.2. The molecule has 0 aromatic rings. The number of nitrogens with one attached hydrogen (secondary N) is 1. The van der Waals surface area contributed by atoms with Crippen LogP contribution in [0.25, 0.3) is 0 Å². The van der Waals surface area contributed by atoms with Crippen molar-refractivity contribution in [1.29, 1.82) is 0 Å². The van der Waals surface area contributed by atoms with Crippen molar-refractivity contribution in [3.05, 3.63) is 0 Å². The molecule has 0 saturated carbocycles. The van der Waals surface area contributed by atoms with Crippen LogP contribution >= 0.6 is 0 Å². The second kappa shape index (κ2) is 5.95. The minimum Gasteiger partial charge on any atom is -0.481 e. The minimum absolute atomic E-state index is 0.169. The summed E-state index contributed by atoms with van der Waals surface area (Å²) in [5.41, 5.74) is 0. The summed E-state index contributed by atoms with van der Waals surface area (Å²) in [6, 6.07) is 0. The molecule has 0 amide bonds. The number of aliphatic carboxylic acids is 1. The molecule has 14 heavy (non-hydrogen) atoms. The van der Waals surface area contributed by atoms with Crippen molar-refractivity contribution in [2.75, 3.05) is 39.8 Å². The molecule has 5 heteroatoms. The van der Waals surface area contributed by atoms with Gasteiger partial charge in [-0.25, -0.2) is 0 Å². The van der Waals surface area contributed by atoms with E-state index in [1.165, 1.54) is 0 Å². The lowest BCUT2D eigenvalue weighted by molar-refractivity contribution is -0.136. The average molecular weight is 202 g/mol. The Hall–Kier alpha value is -0.650. The fourth-order valence-corrected chi connectivity index (χ4v) is 1.45. The van der Waals surface area contributed by atoms with E-state index in [9.17, 15) is 4.79 Å². The molecule has 0 radical (unpaired) electrons. The second-order valence-electron chi connectivity index (χ2n) is 3.60. The largest absolute Gasteiger partial charge is 0.481 e. The molecule has 5 nitrogen and oxygen atoms in total. The summed E-state index contributed by atoms with van der Waals surface area (Å²) in [7, 11) is 2.06. The van der Waals surface area contributed by atoms with E-state index < -0.39 is 5.97 Å². The lowest BCUT2D eigenvalue weighted by Crippen LogP contribution is -2.45. The number of ether oxygens (including phenoxy) is 1. The van der Waals surface area contributed by atoms with Crippen LogP contribution in [0, 0.1) is 0 Å². The van der Waals surface area contributed by atoms with Crippen LogP contribution in [-0.2, 0) is 9.53 Å². The van der Waals surface area contributed by atoms with E-state index in [1.807, 2.05) is 0 Å². The first kappa shape index (κ1) is 11.4. The van der Waals surface area contributed by atoms with E-state index in [0.29, 0.717) is 6.54 Å². The molecule has 0 spiro atoms. The Labute approximate surface area is 84.0 Å². The van der Waals surface area contributed by atoms with Crippen LogP contribution in [0.4, 0.5) is 0 Å². The van der Waals surface area contributed by atoms with Crippen molar-refractivity contribution in [1.82, 2.24) is 10.2 Å². The van der Waals surface area contributed by atoms with Gasteiger partial charge in [0.05, 0.1) is 19.1 Å². The first-order valence-corrected chi connectivity index (χ1v) is 4.91. The average Bonchev–Trinajstić information content (AvgIpc) is 2.12. The smallest absolute Gasteiger partial charge is 0.304 e. The van der Waals surface area contributed by atoms with Crippen molar-refractivity contribution in [2.45, 2.75) is 12.5 Å². The molecular weight excluding hydrogens is 184 g/mol. The Balaban J connectivity index is 2.03. The standard InChI is InChI=1S/C9H18N2O3/c1-11-4-5-14-8(7-11)6-10-3-2-9(12)13/h8,10H,2-7H2,1H3,(H,12,13). The Morgan fingerprint density at radius 1 is 1.71 bits per heavy atom. The summed E-state index contributed by atoms with van der Waals surface area (Å²) in [6.07, 6.45) is 0.366. The van der Waals surface area contributed by atoms with Crippen molar-refractivity contribution in [2.24, 2.45) is 0 Å². The van der Waals surface area contributed by atoms with Gasteiger partial charge in [0.2, 0.25) is 0 Å². The van der Waals surface area contributed by atoms with Gasteiger partial charge in [-0.3, -0.25) is 4.79 Å². The number of carboxylic acid groups (broad SMARTS) is 1. The lowest BCUT2D eigenvalue weighted by Gasteiger charge is -2.30. The fraction of sp³-hybridized carbons (Fsp3) is 0.889. The number of hydrogen-bond acceptors (Lipinski definition) is 4. The lowest BCUT2D eigenvalue weighted by atomic mass is 10.3. The van der Waals surface area contributed by atoms with Crippen LogP contribution in [0.3, 0.4) is 0 Å². The predicted octanol–water partition coefficient (Wildman–Crippen LogP) is -0.619. The van der Waals surface area contributed by atoms with Gasteiger partial charge in [0.15, 0.2) is 0 Å². The number of morpholine rings is 1. The maximum Gasteiger partial charge on any atom is 0.304 e. The molecule has 82 valence electrons. The summed E-state index contributed by atoms with van der Waals surface area (Å²) < 4.78 is 5.50. The normalized spacial score (nSPS) is 23.6. The number of hydrogen-bond donors (Lipinski definition) is 2. The first-order valence-electron chi connectivity index (χ1n) is 4.91. The summed E-state index contributed by atoms with van der Waals surface area (Å²) >= 11 is 0. The van der Waals surface area contributed by atoms with E-state index >= 15 is 0 Å². The van der Waals surface area contributed by atoms with Crippen LogP contribution in [0.1, 0.15) is 6.42 Å². The van der Waals surface area contributed by atoms with Crippen LogP contribution < -0.4 is 5.32 Å². The minimum atomic E-state index is -0.765. The topological polar surface area (TPSA) is 61.8 Å². The van der Waals surface area contributed by atoms with Gasteiger partial charge < -0.3 is 20.1 Å². The zero-order chi connectivity index (χ0) is 10.4. The summed E-state index contributed by atoms with van der Waals surface area (Å²) in [4.78, 5) is 12.4. The molecule has 0 aromatic carbocycles. The SMILES string of the molecule is CN1CCOC(CNCCC(=O)O)C1. The summed E-state index contributed by atoms with van der Waals surface area (Å²) in [5, 5.41) is 11.5. The highest BCUT2D eigenvalue weighted by Crippen LogP contribution is 2.01. The van der Waals surface area contributed by atoms with Gasteiger partial charge >= 0.3 is 5.97 Å². The zero-order valence-electron chi connectivity index (χ0n) is 8.53. The van der Waals surface area contributed by atoms with Crippen LogP contribution in [0.2, 0.25) is 0 Å². The first-order chi connectivity index (χ1) is 6.68. The highest BCUT2D eigenvalue weighted by atomic mass is 16.5. The van der Waals surface area contributed by atoms with Gasteiger partial charge in [-0.2, -0.15) is 0 Å². The molecule has 1 rings (SSSR count). The van der Waals surface area contributed by atoms with Gasteiger partial charge in [-0.1, -0.05) is 0 Å². The molecule has 1 unspecified atom stereocenters. The fourth-order valence-electron chi connectivity index (χ4n) is 1.45. The zero-order valence-corrected chi connectivity index (χ0v) is 8.53. The van der Waals surface area contributed by atoms with Crippen molar-refractivity contribution in [3.8, 4) is 0 Å². The number of rotatable bonds is 5. The molecule has 1 fully saturated rings. The third-order valence-corrected chi connectivity index (χ3v) is 2.23. The van der Waals surface area contributed by atoms with Gasteiger partial charge in [0.1, 0.15) is 0 Å². The number of carboxylic acids is 1. The molecule has 1 atom stereocenters. The quantitative estimate of drug-likeness (QED) is 0.582. The van der Waals surface area contributed by atoms with Crippen molar-refractivity contribution >= 4 is 5.97 Å². The van der Waals surface area contributed by atoms with E-state index in [2.05, 4.69) is 17.3 Å². The highest BCUT2D eigenvalue weighted by molar-refractivity contribution is 5.66. The van der Waals surface area contributed by atoms with Crippen molar-refractivity contribution in [3.63, 3.8) is 0 Å². The van der Waals surface area contributed by atoms with Crippen LogP contribution in [0.5, 0.6) is 0 Å². The number of carbonyl (C=O) groups is 1. The third kappa shape index (κ3) is 4.55. The van der Waals surface area contributed by atoms with Crippen LogP contribution in [-0.4, -0.2) is 61.9 Å². The molecule has 0 aliphatic carbocycles. The molecule has 2 N–H and O–H groups in total. The second-order valence-corrected chi connectivity index (χ2v) is 3.60. The molecule has 1 aliphatic heterocycles. The Kier molecular flexibility index (Phi) is 4.86. The van der Waals surface area contributed by atoms with Gasteiger partial charge in [0.25, 0.3) is 0 Å². The Morgan fingerprint density at radius 2 is 2.50 bits per heavy atom. The van der Waals surface area contributed by atoms with Crippen LogP contribution in [0.15, 0.2) is 0 Å². The molecule has 1 heterocycles. The van der Waals surface area contributed by atoms with E-state index in [4.69, 9.17) is 9.84 Å². The Morgan fingerprint density at radius 3 is 3.14 bits per heavy atom. The van der Waals surface area contributed by atoms with Gasteiger partial charge in [0, 0.05) is 26.2 Å². The van der Waals surface area contributed by atoms with Gasteiger partial charge in [-0.05, 0) is 7.05 Å². The monoisotopic (exact) mass is 202 g/mol. The van der Waals surface area contributed by atoms with E-state index in [1.54, 1.807) is 0 Å².